The Labute approximate surface area is 113 Å². The Morgan fingerprint density at radius 3 is 2.30 bits per heavy atom. The van der Waals surface area contributed by atoms with E-state index >= 15 is 0 Å². The quantitative estimate of drug-likeness (QED) is 0.830. The number of amides is 1. The van der Waals surface area contributed by atoms with Crippen LogP contribution in [0.5, 0.6) is 0 Å². The summed E-state index contributed by atoms with van der Waals surface area (Å²) in [6, 6.07) is 5.49. The molecule has 0 radical (unpaired) electrons. The van der Waals surface area contributed by atoms with Gasteiger partial charge in [-0.2, -0.15) is 0 Å². The number of halogens is 3. The summed E-state index contributed by atoms with van der Waals surface area (Å²) in [7, 11) is 0. The van der Waals surface area contributed by atoms with E-state index in [-0.39, 0.29) is 11.3 Å². The average Bonchev–Trinajstić information content (AvgIpc) is 2.39. The monoisotopic (exact) mass is 280 g/mol. The van der Waals surface area contributed by atoms with E-state index in [1.807, 2.05) is 0 Å². The van der Waals surface area contributed by atoms with E-state index in [2.05, 4.69) is 5.32 Å². The fourth-order valence-corrected chi connectivity index (χ4v) is 1.64. The van der Waals surface area contributed by atoms with Crippen molar-refractivity contribution in [3.05, 3.63) is 58.9 Å². The summed E-state index contributed by atoms with van der Waals surface area (Å²) in [6.45, 7) is 1.67. The molecule has 0 aliphatic rings. The molecular formula is C14H11F3N2O. The predicted molar refractivity (Wildman–Crippen MR) is 69.9 cm³/mol. The van der Waals surface area contributed by atoms with Crippen LogP contribution < -0.4 is 11.1 Å². The lowest BCUT2D eigenvalue weighted by atomic mass is 10.1. The van der Waals surface area contributed by atoms with Crippen molar-refractivity contribution < 1.29 is 18.0 Å². The maximum absolute atomic E-state index is 13.3. The highest BCUT2D eigenvalue weighted by molar-refractivity contribution is 6.04. The number of benzene rings is 2. The molecule has 0 fully saturated rings. The molecular weight excluding hydrogens is 269 g/mol. The Balaban J connectivity index is 2.31. The molecule has 0 saturated heterocycles. The Bertz CT molecular complexity index is 663. The Hall–Kier alpha value is -2.50. The molecule has 0 bridgehead atoms. The first kappa shape index (κ1) is 13.9. The molecule has 6 heteroatoms. The third-order valence-corrected chi connectivity index (χ3v) is 2.79. The number of nitrogens with one attached hydrogen (secondary N) is 1. The first-order valence-electron chi connectivity index (χ1n) is 5.70. The van der Waals surface area contributed by atoms with Gasteiger partial charge in [0.25, 0.3) is 5.91 Å². The number of hydrogen-bond acceptors (Lipinski definition) is 2. The second-order valence-electron chi connectivity index (χ2n) is 4.27. The molecule has 1 amide bonds. The van der Waals surface area contributed by atoms with E-state index in [4.69, 9.17) is 5.73 Å². The van der Waals surface area contributed by atoms with E-state index in [9.17, 15) is 18.0 Å². The molecule has 2 aromatic carbocycles. The lowest BCUT2D eigenvalue weighted by Gasteiger charge is -2.09. The highest BCUT2D eigenvalue weighted by Gasteiger charge is 2.14. The van der Waals surface area contributed by atoms with E-state index in [1.165, 1.54) is 12.1 Å². The Morgan fingerprint density at radius 1 is 1.10 bits per heavy atom. The minimum absolute atomic E-state index is 0.229. The summed E-state index contributed by atoms with van der Waals surface area (Å²) in [5.74, 6) is -3.32. The smallest absolute Gasteiger partial charge is 0.255 e. The van der Waals surface area contributed by atoms with Crippen molar-refractivity contribution in [2.75, 3.05) is 11.1 Å². The van der Waals surface area contributed by atoms with Crippen molar-refractivity contribution in [1.29, 1.82) is 0 Å². The number of anilines is 2. The summed E-state index contributed by atoms with van der Waals surface area (Å²) in [6.07, 6.45) is 0. The zero-order valence-electron chi connectivity index (χ0n) is 10.5. The normalized spacial score (nSPS) is 10.4. The van der Waals surface area contributed by atoms with Crippen LogP contribution in [0.15, 0.2) is 30.3 Å². The summed E-state index contributed by atoms with van der Waals surface area (Å²) in [5, 5.41) is 2.39. The maximum atomic E-state index is 13.3. The zero-order chi connectivity index (χ0) is 14.9. The standard InChI is InChI=1S/C14H11F3N2O/c1-7-2-3-9(15)6-12(7)19-14(20)8-4-10(16)13(18)11(17)5-8/h2-6H,18H2,1H3,(H,19,20). The van der Waals surface area contributed by atoms with Crippen molar-refractivity contribution in [2.45, 2.75) is 6.92 Å². The molecule has 0 heterocycles. The van der Waals surface area contributed by atoms with Crippen molar-refractivity contribution in [2.24, 2.45) is 0 Å². The number of hydrogen-bond donors (Lipinski definition) is 2. The van der Waals surface area contributed by atoms with Gasteiger partial charge in [-0.05, 0) is 36.8 Å². The number of nitrogen functional groups attached to an aromatic ring is 1. The zero-order valence-corrected chi connectivity index (χ0v) is 10.5. The van der Waals surface area contributed by atoms with E-state index in [0.717, 1.165) is 18.2 Å². The Morgan fingerprint density at radius 2 is 1.70 bits per heavy atom. The van der Waals surface area contributed by atoms with Gasteiger partial charge in [0, 0.05) is 11.3 Å². The molecule has 0 saturated carbocycles. The maximum Gasteiger partial charge on any atom is 0.255 e. The average molecular weight is 280 g/mol. The summed E-state index contributed by atoms with van der Waals surface area (Å²) < 4.78 is 39.6. The lowest BCUT2D eigenvalue weighted by molar-refractivity contribution is 0.102. The van der Waals surface area contributed by atoms with Gasteiger partial charge in [0.2, 0.25) is 0 Å². The molecule has 3 nitrogen and oxygen atoms in total. The van der Waals surface area contributed by atoms with Crippen molar-refractivity contribution in [3.8, 4) is 0 Å². The molecule has 0 unspecified atom stereocenters. The molecule has 2 aromatic rings. The second-order valence-corrected chi connectivity index (χ2v) is 4.27. The number of nitrogens with two attached hydrogens (primary N) is 1. The minimum atomic E-state index is -1.02. The van der Waals surface area contributed by atoms with Crippen molar-refractivity contribution >= 4 is 17.3 Å². The molecule has 104 valence electrons. The van der Waals surface area contributed by atoms with E-state index in [0.29, 0.717) is 5.56 Å². The number of aryl methyl sites for hydroxylation is 1. The molecule has 3 N–H and O–H groups in total. The van der Waals surface area contributed by atoms with Gasteiger partial charge in [-0.3, -0.25) is 4.79 Å². The van der Waals surface area contributed by atoms with Crippen LogP contribution in [0.25, 0.3) is 0 Å². The van der Waals surface area contributed by atoms with Gasteiger partial charge in [-0.1, -0.05) is 6.07 Å². The predicted octanol–water partition coefficient (Wildman–Crippen LogP) is 3.25. The first-order valence-corrected chi connectivity index (χ1v) is 5.70. The van der Waals surface area contributed by atoms with Gasteiger partial charge in [0.1, 0.15) is 23.1 Å². The van der Waals surface area contributed by atoms with Crippen LogP contribution in [-0.4, -0.2) is 5.91 Å². The van der Waals surface area contributed by atoms with Gasteiger partial charge in [-0.15, -0.1) is 0 Å². The SMILES string of the molecule is Cc1ccc(F)cc1NC(=O)c1cc(F)c(N)c(F)c1. The summed E-state index contributed by atoms with van der Waals surface area (Å²) in [4.78, 5) is 11.9. The van der Waals surface area contributed by atoms with Gasteiger partial charge < -0.3 is 11.1 Å². The largest absolute Gasteiger partial charge is 0.394 e. The van der Waals surface area contributed by atoms with Crippen LogP contribution in [0, 0.1) is 24.4 Å². The van der Waals surface area contributed by atoms with Crippen LogP contribution in [0.3, 0.4) is 0 Å². The fraction of sp³-hybridized carbons (Fsp3) is 0.0714. The minimum Gasteiger partial charge on any atom is -0.394 e. The topological polar surface area (TPSA) is 55.1 Å². The summed E-state index contributed by atoms with van der Waals surface area (Å²) in [5.41, 5.74) is 5.08. The van der Waals surface area contributed by atoms with E-state index in [1.54, 1.807) is 6.92 Å². The van der Waals surface area contributed by atoms with Crippen LogP contribution in [0.4, 0.5) is 24.5 Å². The number of carbonyl (C=O) groups is 1. The molecule has 20 heavy (non-hydrogen) atoms. The second kappa shape index (κ2) is 5.24. The van der Waals surface area contributed by atoms with Crippen molar-refractivity contribution in [3.63, 3.8) is 0 Å². The van der Waals surface area contributed by atoms with Gasteiger partial charge in [0.05, 0.1) is 0 Å². The Kier molecular flexibility index (Phi) is 3.65. The fourth-order valence-electron chi connectivity index (χ4n) is 1.64. The molecule has 0 aromatic heterocycles. The molecule has 2 rings (SSSR count). The molecule has 0 atom stereocenters. The number of carbonyl (C=O) groups excluding carboxylic acids is 1. The summed E-state index contributed by atoms with van der Waals surface area (Å²) >= 11 is 0. The van der Waals surface area contributed by atoms with Gasteiger partial charge in [-0.25, -0.2) is 13.2 Å². The molecule has 0 spiro atoms. The lowest BCUT2D eigenvalue weighted by Crippen LogP contribution is -2.14. The van der Waals surface area contributed by atoms with Crippen LogP contribution in [0.2, 0.25) is 0 Å². The van der Waals surface area contributed by atoms with E-state index < -0.39 is 29.0 Å². The van der Waals surface area contributed by atoms with Crippen LogP contribution in [-0.2, 0) is 0 Å². The van der Waals surface area contributed by atoms with Crippen LogP contribution >= 0.6 is 0 Å². The highest BCUT2D eigenvalue weighted by atomic mass is 19.1. The molecule has 0 aliphatic heterocycles. The highest BCUT2D eigenvalue weighted by Crippen LogP contribution is 2.20. The van der Waals surface area contributed by atoms with Crippen LogP contribution in [0.1, 0.15) is 15.9 Å². The van der Waals surface area contributed by atoms with Crippen molar-refractivity contribution in [1.82, 2.24) is 0 Å². The third kappa shape index (κ3) is 2.74. The van der Waals surface area contributed by atoms with Gasteiger partial charge >= 0.3 is 0 Å². The third-order valence-electron chi connectivity index (χ3n) is 2.79. The molecule has 0 aliphatic carbocycles. The first-order chi connectivity index (χ1) is 9.38. The van der Waals surface area contributed by atoms with Gasteiger partial charge in [0.15, 0.2) is 0 Å². The number of rotatable bonds is 2.